The summed E-state index contributed by atoms with van der Waals surface area (Å²) in [5, 5.41) is 2.16. The molecule has 0 bridgehead atoms. The molecule has 3 aromatic rings. The summed E-state index contributed by atoms with van der Waals surface area (Å²) in [5.41, 5.74) is 2.47. The number of ether oxygens (including phenoxy) is 2. The predicted octanol–water partition coefficient (Wildman–Crippen LogP) is 3.36. The molecule has 0 radical (unpaired) electrons. The SMILES string of the molecule is COc1ccccc1C(=O)NC(=O)COC(=O)c1cc(C)n(-c2ccc(F)cc2)c1C. The number of carbonyl (C=O) groups is 3. The molecule has 7 nitrogen and oxygen atoms in total. The lowest BCUT2D eigenvalue weighted by molar-refractivity contribution is -0.123. The Bertz CT molecular complexity index is 1140. The highest BCUT2D eigenvalue weighted by atomic mass is 19.1. The molecule has 0 saturated carbocycles. The number of amides is 2. The van der Waals surface area contributed by atoms with Crippen molar-refractivity contribution in [3.8, 4) is 11.4 Å². The van der Waals surface area contributed by atoms with Crippen LogP contribution in [0, 0.1) is 19.7 Å². The van der Waals surface area contributed by atoms with Gasteiger partial charge in [-0.25, -0.2) is 9.18 Å². The van der Waals surface area contributed by atoms with Crippen molar-refractivity contribution in [3.63, 3.8) is 0 Å². The fraction of sp³-hybridized carbons (Fsp3) is 0.174. The first kappa shape index (κ1) is 21.8. The highest BCUT2D eigenvalue weighted by Crippen LogP contribution is 2.22. The zero-order valence-electron chi connectivity index (χ0n) is 17.3. The lowest BCUT2D eigenvalue weighted by atomic mass is 10.2. The Morgan fingerprint density at radius 3 is 2.35 bits per heavy atom. The van der Waals surface area contributed by atoms with Crippen molar-refractivity contribution in [3.05, 3.63) is 82.9 Å². The van der Waals surface area contributed by atoms with Gasteiger partial charge >= 0.3 is 5.97 Å². The van der Waals surface area contributed by atoms with Crippen molar-refractivity contribution >= 4 is 17.8 Å². The number of imide groups is 1. The van der Waals surface area contributed by atoms with Gasteiger partial charge in [0.1, 0.15) is 11.6 Å². The van der Waals surface area contributed by atoms with E-state index in [2.05, 4.69) is 5.32 Å². The Hall–Kier alpha value is -3.94. The zero-order valence-corrected chi connectivity index (χ0v) is 17.3. The monoisotopic (exact) mass is 424 g/mol. The predicted molar refractivity (Wildman–Crippen MR) is 111 cm³/mol. The van der Waals surface area contributed by atoms with Gasteiger partial charge in [-0.3, -0.25) is 14.9 Å². The van der Waals surface area contributed by atoms with Gasteiger partial charge in [-0.05, 0) is 56.3 Å². The van der Waals surface area contributed by atoms with E-state index in [0.29, 0.717) is 17.1 Å². The molecule has 0 atom stereocenters. The third-order valence-electron chi connectivity index (χ3n) is 4.67. The summed E-state index contributed by atoms with van der Waals surface area (Å²) in [5.74, 6) is -2.18. The number of aryl methyl sites for hydroxylation is 1. The molecule has 0 aliphatic rings. The third kappa shape index (κ3) is 4.80. The first-order chi connectivity index (χ1) is 14.8. The van der Waals surface area contributed by atoms with Crippen molar-refractivity contribution in [1.82, 2.24) is 9.88 Å². The summed E-state index contributed by atoms with van der Waals surface area (Å²) in [6.45, 7) is 2.89. The largest absolute Gasteiger partial charge is 0.496 e. The van der Waals surface area contributed by atoms with Crippen molar-refractivity contribution < 1.29 is 28.2 Å². The summed E-state index contributed by atoms with van der Waals surface area (Å²) in [6, 6.07) is 13.9. The van der Waals surface area contributed by atoms with Crippen LogP contribution in [0.25, 0.3) is 5.69 Å². The van der Waals surface area contributed by atoms with E-state index in [0.717, 1.165) is 5.69 Å². The molecular formula is C23H21FN2O5. The summed E-state index contributed by atoms with van der Waals surface area (Å²) in [4.78, 5) is 36.8. The topological polar surface area (TPSA) is 86.6 Å². The van der Waals surface area contributed by atoms with E-state index < -0.39 is 24.4 Å². The number of hydrogen-bond donors (Lipinski definition) is 1. The third-order valence-corrected chi connectivity index (χ3v) is 4.67. The van der Waals surface area contributed by atoms with E-state index in [1.54, 1.807) is 54.8 Å². The van der Waals surface area contributed by atoms with Gasteiger partial charge in [0, 0.05) is 17.1 Å². The molecule has 0 spiro atoms. The van der Waals surface area contributed by atoms with Crippen LogP contribution < -0.4 is 10.1 Å². The number of nitrogens with one attached hydrogen (secondary N) is 1. The minimum atomic E-state index is -0.767. The number of nitrogens with zero attached hydrogens (tertiary/aromatic N) is 1. The summed E-state index contributed by atoms with van der Waals surface area (Å²) in [7, 11) is 1.41. The average Bonchev–Trinajstić information content (AvgIpc) is 3.06. The molecule has 1 aromatic heterocycles. The molecule has 0 unspecified atom stereocenters. The van der Waals surface area contributed by atoms with Gasteiger partial charge in [-0.2, -0.15) is 0 Å². The normalized spacial score (nSPS) is 10.5. The Morgan fingerprint density at radius 1 is 1.00 bits per heavy atom. The number of rotatable bonds is 6. The number of esters is 1. The van der Waals surface area contributed by atoms with Crippen LogP contribution in [0.4, 0.5) is 4.39 Å². The van der Waals surface area contributed by atoms with E-state index in [9.17, 15) is 18.8 Å². The Labute approximate surface area is 178 Å². The van der Waals surface area contributed by atoms with Gasteiger partial charge in [0.15, 0.2) is 6.61 Å². The molecular weight excluding hydrogens is 403 g/mol. The molecule has 0 saturated heterocycles. The maximum atomic E-state index is 13.2. The van der Waals surface area contributed by atoms with Gasteiger partial charge in [0.25, 0.3) is 11.8 Å². The average molecular weight is 424 g/mol. The number of halogens is 1. The summed E-state index contributed by atoms with van der Waals surface area (Å²) >= 11 is 0. The van der Waals surface area contributed by atoms with E-state index in [-0.39, 0.29) is 16.9 Å². The molecule has 1 heterocycles. The van der Waals surface area contributed by atoms with Crippen LogP contribution in [0.3, 0.4) is 0 Å². The number of carbonyl (C=O) groups excluding carboxylic acids is 3. The number of hydrogen-bond acceptors (Lipinski definition) is 5. The molecule has 0 aliphatic heterocycles. The van der Waals surface area contributed by atoms with Crippen LogP contribution in [0.15, 0.2) is 54.6 Å². The van der Waals surface area contributed by atoms with Crippen LogP contribution in [-0.4, -0.2) is 36.1 Å². The fourth-order valence-corrected chi connectivity index (χ4v) is 3.23. The van der Waals surface area contributed by atoms with Crippen molar-refractivity contribution in [1.29, 1.82) is 0 Å². The lowest BCUT2D eigenvalue weighted by Gasteiger charge is -2.10. The second-order valence-corrected chi connectivity index (χ2v) is 6.75. The molecule has 8 heteroatoms. The quantitative estimate of drug-likeness (QED) is 0.614. The number of aromatic nitrogens is 1. The smallest absolute Gasteiger partial charge is 0.340 e. The van der Waals surface area contributed by atoms with Gasteiger partial charge in [-0.1, -0.05) is 12.1 Å². The number of para-hydroxylation sites is 1. The van der Waals surface area contributed by atoms with Crippen LogP contribution in [-0.2, 0) is 9.53 Å². The zero-order chi connectivity index (χ0) is 22.5. The van der Waals surface area contributed by atoms with E-state index in [1.807, 2.05) is 0 Å². The molecule has 160 valence electrons. The Morgan fingerprint density at radius 2 is 1.68 bits per heavy atom. The van der Waals surface area contributed by atoms with E-state index in [4.69, 9.17) is 9.47 Å². The molecule has 0 fully saturated rings. The molecule has 0 aliphatic carbocycles. The molecule has 2 amide bonds. The molecule has 31 heavy (non-hydrogen) atoms. The van der Waals surface area contributed by atoms with Crippen molar-refractivity contribution in [2.24, 2.45) is 0 Å². The summed E-state index contributed by atoms with van der Waals surface area (Å²) in [6.07, 6.45) is 0. The lowest BCUT2D eigenvalue weighted by Crippen LogP contribution is -2.34. The maximum absolute atomic E-state index is 13.2. The second kappa shape index (κ2) is 9.25. The molecule has 1 N–H and O–H groups in total. The highest BCUT2D eigenvalue weighted by Gasteiger charge is 2.20. The van der Waals surface area contributed by atoms with Crippen molar-refractivity contribution in [2.45, 2.75) is 13.8 Å². The van der Waals surface area contributed by atoms with Crippen LogP contribution in [0.2, 0.25) is 0 Å². The van der Waals surface area contributed by atoms with Crippen LogP contribution in [0.1, 0.15) is 32.1 Å². The standard InChI is InChI=1S/C23H21FN2O5/c1-14-12-19(15(2)26(14)17-10-8-16(24)9-11-17)23(29)31-13-21(27)25-22(28)18-6-4-5-7-20(18)30-3/h4-12H,13H2,1-3H3,(H,25,27,28). The van der Waals surface area contributed by atoms with E-state index in [1.165, 1.54) is 25.3 Å². The minimum absolute atomic E-state index is 0.188. The first-order valence-corrected chi connectivity index (χ1v) is 9.41. The van der Waals surface area contributed by atoms with E-state index >= 15 is 0 Å². The second-order valence-electron chi connectivity index (χ2n) is 6.75. The van der Waals surface area contributed by atoms with Gasteiger partial charge in [-0.15, -0.1) is 0 Å². The fourth-order valence-electron chi connectivity index (χ4n) is 3.23. The van der Waals surface area contributed by atoms with Crippen LogP contribution >= 0.6 is 0 Å². The highest BCUT2D eigenvalue weighted by molar-refractivity contribution is 6.07. The first-order valence-electron chi connectivity index (χ1n) is 9.41. The number of methoxy groups -OCH3 is 1. The Kier molecular flexibility index (Phi) is 6.49. The minimum Gasteiger partial charge on any atom is -0.496 e. The maximum Gasteiger partial charge on any atom is 0.340 e. The van der Waals surface area contributed by atoms with Crippen molar-refractivity contribution in [2.75, 3.05) is 13.7 Å². The van der Waals surface area contributed by atoms with Gasteiger partial charge < -0.3 is 14.0 Å². The van der Waals surface area contributed by atoms with Gasteiger partial charge in [0.05, 0.1) is 18.2 Å². The summed E-state index contributed by atoms with van der Waals surface area (Å²) < 4.78 is 25.2. The van der Waals surface area contributed by atoms with Crippen LogP contribution in [0.5, 0.6) is 5.75 Å². The number of benzene rings is 2. The molecule has 3 rings (SSSR count). The molecule has 2 aromatic carbocycles. The van der Waals surface area contributed by atoms with Gasteiger partial charge in [0.2, 0.25) is 0 Å². The Balaban J connectivity index is 1.66.